The van der Waals surface area contributed by atoms with E-state index in [1.165, 1.54) is 18.3 Å². The predicted molar refractivity (Wildman–Crippen MR) is 94.8 cm³/mol. The summed E-state index contributed by atoms with van der Waals surface area (Å²) in [7, 11) is 0. The minimum Gasteiger partial charge on any atom is -0.438 e. The fraction of sp³-hybridized carbons (Fsp3) is 0.267. The fourth-order valence-electron chi connectivity index (χ4n) is 2.28. The Balaban J connectivity index is 1.80. The van der Waals surface area contributed by atoms with E-state index in [2.05, 4.69) is 25.8 Å². The molecule has 0 saturated carbocycles. The Hall–Kier alpha value is -1.90. The Labute approximate surface area is 151 Å². The number of anilines is 1. The van der Waals surface area contributed by atoms with Gasteiger partial charge in [0.05, 0.1) is 34.5 Å². The predicted octanol–water partition coefficient (Wildman–Crippen LogP) is 4.19. The lowest BCUT2D eigenvalue weighted by Gasteiger charge is -2.26. The van der Waals surface area contributed by atoms with Gasteiger partial charge >= 0.3 is 0 Å². The molecule has 0 unspecified atom stereocenters. The summed E-state index contributed by atoms with van der Waals surface area (Å²) in [6, 6.07) is 6.18. The third kappa shape index (κ3) is 3.77. The molecule has 0 N–H and O–H groups in total. The lowest BCUT2D eigenvalue weighted by molar-refractivity contribution is -0.384. The van der Waals surface area contributed by atoms with E-state index in [9.17, 15) is 10.1 Å². The van der Waals surface area contributed by atoms with Crippen molar-refractivity contribution in [2.24, 2.45) is 4.99 Å². The summed E-state index contributed by atoms with van der Waals surface area (Å²) in [6.07, 6.45) is 1.52. The molecule has 0 spiro atoms. The van der Waals surface area contributed by atoms with Crippen LogP contribution in [0.5, 0.6) is 0 Å². The number of nitro benzene ring substituents is 1. The Morgan fingerprint density at radius 3 is 2.79 bits per heavy atom. The van der Waals surface area contributed by atoms with E-state index in [-0.39, 0.29) is 10.7 Å². The van der Waals surface area contributed by atoms with Crippen molar-refractivity contribution in [3.63, 3.8) is 0 Å². The number of aliphatic imine (C=N–C) groups is 1. The van der Waals surface area contributed by atoms with E-state index < -0.39 is 4.92 Å². The molecule has 0 amide bonds. The lowest BCUT2D eigenvalue weighted by Crippen LogP contribution is -2.36. The summed E-state index contributed by atoms with van der Waals surface area (Å²) in [5, 5.41) is 11.0. The summed E-state index contributed by atoms with van der Waals surface area (Å²) < 4.78 is 11.9. The van der Waals surface area contributed by atoms with E-state index in [0.717, 1.165) is 23.4 Å². The fourth-order valence-corrected chi connectivity index (χ4v) is 3.03. The Bertz CT molecular complexity index is 787. The van der Waals surface area contributed by atoms with Crippen LogP contribution in [-0.4, -0.2) is 37.4 Å². The van der Waals surface area contributed by atoms with Crippen molar-refractivity contribution >= 4 is 51.0 Å². The minimum atomic E-state index is -0.540. The molecule has 2 heterocycles. The van der Waals surface area contributed by atoms with E-state index in [0.29, 0.717) is 24.7 Å². The average Bonchev–Trinajstić information content (AvgIpc) is 2.95. The van der Waals surface area contributed by atoms with E-state index in [4.69, 9.17) is 20.8 Å². The second-order valence-electron chi connectivity index (χ2n) is 5.05. The van der Waals surface area contributed by atoms with Gasteiger partial charge in [0.15, 0.2) is 0 Å². The van der Waals surface area contributed by atoms with Crippen LogP contribution in [0.1, 0.15) is 5.76 Å². The molecule has 126 valence electrons. The van der Waals surface area contributed by atoms with Crippen molar-refractivity contribution in [3.05, 3.63) is 49.6 Å². The maximum Gasteiger partial charge on any atom is 0.290 e. The third-order valence-corrected chi connectivity index (χ3v) is 4.34. The van der Waals surface area contributed by atoms with Gasteiger partial charge in [-0.2, -0.15) is 0 Å². The smallest absolute Gasteiger partial charge is 0.290 e. The second kappa shape index (κ2) is 7.33. The van der Waals surface area contributed by atoms with Crippen LogP contribution in [0.4, 0.5) is 17.3 Å². The molecule has 1 aromatic carbocycles. The highest BCUT2D eigenvalue weighted by Gasteiger charge is 2.18. The molecule has 1 aromatic heterocycles. The molecular formula is C15H13BrClN3O4. The maximum absolute atomic E-state index is 10.9. The van der Waals surface area contributed by atoms with Crippen LogP contribution in [0.2, 0.25) is 5.02 Å². The van der Waals surface area contributed by atoms with Crippen LogP contribution < -0.4 is 4.90 Å². The van der Waals surface area contributed by atoms with Gasteiger partial charge in [0.2, 0.25) is 5.88 Å². The molecule has 1 fully saturated rings. The Morgan fingerprint density at radius 1 is 1.33 bits per heavy atom. The monoisotopic (exact) mass is 413 g/mol. The first-order valence-electron chi connectivity index (χ1n) is 7.14. The molecule has 24 heavy (non-hydrogen) atoms. The number of rotatable bonds is 4. The molecule has 1 aliphatic rings. The van der Waals surface area contributed by atoms with Crippen molar-refractivity contribution in [2.45, 2.75) is 0 Å². The number of halogens is 2. The summed E-state index contributed by atoms with van der Waals surface area (Å²) in [4.78, 5) is 16.7. The first-order valence-corrected chi connectivity index (χ1v) is 8.32. The molecular weight excluding hydrogens is 402 g/mol. The number of morpholine rings is 1. The highest BCUT2D eigenvalue weighted by Crippen LogP contribution is 2.31. The standard InChI is InChI=1S/C15H13BrClN3O4/c16-12-8-11(24-15(12)19-3-5-23-6-4-19)9-18-10-1-2-13(17)14(7-10)20(21)22/h1-2,7-9H,3-6H2. The lowest BCUT2D eigenvalue weighted by atomic mass is 10.3. The molecule has 1 saturated heterocycles. The first-order chi connectivity index (χ1) is 11.5. The molecule has 9 heteroatoms. The SMILES string of the molecule is O=[N+]([O-])c1cc(N=Cc2cc(Br)c(N3CCOCC3)o2)ccc1Cl. The van der Waals surface area contributed by atoms with Gasteiger partial charge in [-0.3, -0.25) is 15.1 Å². The van der Waals surface area contributed by atoms with Crippen LogP contribution in [0, 0.1) is 10.1 Å². The number of nitrogens with zero attached hydrogens (tertiary/aromatic N) is 3. The van der Waals surface area contributed by atoms with Gasteiger partial charge in [0.25, 0.3) is 5.69 Å². The zero-order chi connectivity index (χ0) is 17.1. The average molecular weight is 415 g/mol. The summed E-state index contributed by atoms with van der Waals surface area (Å²) >= 11 is 9.26. The Kier molecular flexibility index (Phi) is 5.17. The van der Waals surface area contributed by atoms with Gasteiger partial charge in [-0.1, -0.05) is 11.6 Å². The highest BCUT2D eigenvalue weighted by atomic mass is 79.9. The van der Waals surface area contributed by atoms with E-state index in [1.807, 2.05) is 0 Å². The van der Waals surface area contributed by atoms with E-state index >= 15 is 0 Å². The number of furan rings is 1. The van der Waals surface area contributed by atoms with Crippen LogP contribution >= 0.6 is 27.5 Å². The molecule has 0 aliphatic carbocycles. The quantitative estimate of drug-likeness (QED) is 0.426. The number of ether oxygens (including phenoxy) is 1. The largest absolute Gasteiger partial charge is 0.438 e. The molecule has 0 atom stereocenters. The molecule has 3 rings (SSSR count). The highest BCUT2D eigenvalue weighted by molar-refractivity contribution is 9.10. The minimum absolute atomic E-state index is 0.0781. The maximum atomic E-state index is 10.9. The van der Waals surface area contributed by atoms with Crippen LogP contribution in [0.15, 0.2) is 38.1 Å². The molecule has 0 radical (unpaired) electrons. The summed E-state index contributed by atoms with van der Waals surface area (Å²) in [5.41, 5.74) is 0.243. The van der Waals surface area contributed by atoms with Crippen LogP contribution in [0.25, 0.3) is 0 Å². The van der Waals surface area contributed by atoms with Gasteiger partial charge in [0.1, 0.15) is 10.8 Å². The zero-order valence-corrected chi connectivity index (χ0v) is 14.8. The van der Waals surface area contributed by atoms with Crippen molar-refractivity contribution in [3.8, 4) is 0 Å². The zero-order valence-electron chi connectivity index (χ0n) is 12.4. The summed E-state index contributed by atoms with van der Waals surface area (Å²) in [5.74, 6) is 1.27. The first kappa shape index (κ1) is 16.9. The van der Waals surface area contributed by atoms with Gasteiger partial charge in [0, 0.05) is 25.2 Å². The second-order valence-corrected chi connectivity index (χ2v) is 6.31. The molecule has 1 aliphatic heterocycles. The topological polar surface area (TPSA) is 81.1 Å². The van der Waals surface area contributed by atoms with Crippen molar-refractivity contribution in [2.75, 3.05) is 31.2 Å². The van der Waals surface area contributed by atoms with Crippen LogP contribution in [0.3, 0.4) is 0 Å². The van der Waals surface area contributed by atoms with Gasteiger partial charge in [-0.05, 0) is 28.1 Å². The van der Waals surface area contributed by atoms with E-state index in [1.54, 1.807) is 12.1 Å². The molecule has 0 bridgehead atoms. The third-order valence-electron chi connectivity index (χ3n) is 3.45. The molecule has 2 aromatic rings. The Morgan fingerprint density at radius 2 is 2.08 bits per heavy atom. The number of hydrogen-bond acceptors (Lipinski definition) is 6. The van der Waals surface area contributed by atoms with Gasteiger partial charge < -0.3 is 14.1 Å². The number of benzene rings is 1. The number of nitro groups is 1. The van der Waals surface area contributed by atoms with Gasteiger partial charge in [-0.15, -0.1) is 0 Å². The van der Waals surface area contributed by atoms with Crippen molar-refractivity contribution in [1.29, 1.82) is 0 Å². The van der Waals surface area contributed by atoms with Crippen LogP contribution in [-0.2, 0) is 4.74 Å². The molecule has 7 nitrogen and oxygen atoms in total. The number of hydrogen-bond donors (Lipinski definition) is 0. The van der Waals surface area contributed by atoms with Gasteiger partial charge in [-0.25, -0.2) is 0 Å². The summed E-state index contributed by atoms with van der Waals surface area (Å²) in [6.45, 7) is 2.83. The van der Waals surface area contributed by atoms with Crippen molar-refractivity contribution < 1.29 is 14.1 Å². The van der Waals surface area contributed by atoms with Crippen molar-refractivity contribution in [1.82, 2.24) is 0 Å². The normalized spacial score (nSPS) is 15.2.